The second-order valence-electron chi connectivity index (χ2n) is 12.3. The summed E-state index contributed by atoms with van der Waals surface area (Å²) in [6.07, 6.45) is 5.34. The molecule has 0 bridgehead atoms. The molecule has 0 amide bonds. The zero-order valence-corrected chi connectivity index (χ0v) is 25.6. The number of para-hydroxylation sites is 2. The molecule has 0 N–H and O–H groups in total. The lowest BCUT2D eigenvalue weighted by atomic mass is 9.89. The summed E-state index contributed by atoms with van der Waals surface area (Å²) in [6.45, 7) is 0.906. The van der Waals surface area contributed by atoms with E-state index >= 15 is 0 Å². The van der Waals surface area contributed by atoms with E-state index < -0.39 is 0 Å². The Balaban J connectivity index is 1.21. The molecule has 3 aromatic heterocycles. The normalized spacial score (nSPS) is 12.9. The van der Waals surface area contributed by atoms with Crippen LogP contribution < -0.4 is 0 Å². The largest absolute Gasteiger partial charge is 0.322 e. The van der Waals surface area contributed by atoms with Gasteiger partial charge in [-0.3, -0.25) is 0 Å². The topological polar surface area (TPSA) is 43.6 Å². The number of nitrogens with zero attached hydrogens (tertiary/aromatic N) is 4. The zero-order valence-electron chi connectivity index (χ0n) is 25.6. The van der Waals surface area contributed by atoms with Crippen molar-refractivity contribution in [3.8, 4) is 33.6 Å². The van der Waals surface area contributed by atoms with Gasteiger partial charge in [0.15, 0.2) is 0 Å². The highest BCUT2D eigenvalue weighted by Crippen LogP contribution is 2.42. The van der Waals surface area contributed by atoms with Gasteiger partial charge in [0.25, 0.3) is 0 Å². The number of fused-ring (bicyclic) bond motifs is 10. The maximum atomic E-state index is 5.23. The van der Waals surface area contributed by atoms with Gasteiger partial charge in [-0.05, 0) is 52.6 Å². The molecule has 0 atom stereocenters. The van der Waals surface area contributed by atoms with E-state index in [0.717, 1.165) is 79.7 Å². The van der Waals surface area contributed by atoms with E-state index in [1.165, 1.54) is 27.1 Å². The quantitative estimate of drug-likeness (QED) is 0.190. The van der Waals surface area contributed by atoms with Crippen molar-refractivity contribution in [1.29, 1.82) is 0 Å². The molecule has 0 radical (unpaired) electrons. The summed E-state index contributed by atoms with van der Waals surface area (Å²) >= 11 is 0. The van der Waals surface area contributed by atoms with Gasteiger partial charge in [0.05, 0.1) is 27.9 Å². The van der Waals surface area contributed by atoms with Gasteiger partial charge >= 0.3 is 0 Å². The van der Waals surface area contributed by atoms with E-state index in [2.05, 4.69) is 150 Å². The Labute approximate surface area is 271 Å². The van der Waals surface area contributed by atoms with Gasteiger partial charge in [-0.2, -0.15) is 0 Å². The molecular formula is C43H28N4. The predicted octanol–water partition coefficient (Wildman–Crippen LogP) is 10.9. The summed E-state index contributed by atoms with van der Waals surface area (Å²) in [5.74, 6) is 1.00. The number of allylic oxidation sites excluding steroid dienone is 1. The number of benzene rings is 6. The zero-order chi connectivity index (χ0) is 30.9. The fraction of sp³-hybridized carbons (Fsp3) is 0.0465. The predicted molar refractivity (Wildman–Crippen MR) is 195 cm³/mol. The third-order valence-electron chi connectivity index (χ3n) is 9.62. The van der Waals surface area contributed by atoms with Crippen molar-refractivity contribution in [3.63, 3.8) is 0 Å². The third kappa shape index (κ3) is 3.98. The smallest absolute Gasteiger partial charge is 0.133 e. The van der Waals surface area contributed by atoms with Crippen LogP contribution in [0.4, 0.5) is 0 Å². The molecule has 0 unspecified atom stereocenters. The fourth-order valence-corrected chi connectivity index (χ4v) is 7.47. The van der Waals surface area contributed by atoms with Crippen LogP contribution in [0.5, 0.6) is 0 Å². The Kier molecular flexibility index (Phi) is 5.67. The SMILES string of the molecule is C1=Cc2nc3c4ccccc4nc(-c4ccc(-c5cc6c(-c7ccccc7)nc7ccccc7c6c6ccccc56)cc4)c3n2CC1. The molecule has 10 rings (SSSR count). The molecule has 0 spiro atoms. The summed E-state index contributed by atoms with van der Waals surface area (Å²) in [4.78, 5) is 15.5. The van der Waals surface area contributed by atoms with Crippen LogP contribution in [-0.2, 0) is 6.54 Å². The highest BCUT2D eigenvalue weighted by atomic mass is 15.1. The van der Waals surface area contributed by atoms with Gasteiger partial charge in [0, 0.05) is 39.2 Å². The second kappa shape index (κ2) is 10.2. The van der Waals surface area contributed by atoms with E-state index in [1.54, 1.807) is 0 Å². The number of rotatable bonds is 3. The van der Waals surface area contributed by atoms with Crippen LogP contribution in [0.15, 0.2) is 140 Å². The Morgan fingerprint density at radius 2 is 1.11 bits per heavy atom. The maximum Gasteiger partial charge on any atom is 0.133 e. The number of imidazole rings is 1. The molecule has 0 aliphatic carbocycles. The Bertz CT molecular complexity index is 2720. The highest BCUT2D eigenvalue weighted by molar-refractivity contribution is 6.25. The molecule has 47 heavy (non-hydrogen) atoms. The number of pyridine rings is 2. The Morgan fingerprint density at radius 3 is 1.91 bits per heavy atom. The summed E-state index contributed by atoms with van der Waals surface area (Å²) in [5.41, 5.74) is 10.6. The Hall–Kier alpha value is -6.13. The molecule has 0 fully saturated rings. The molecule has 4 heteroatoms. The van der Waals surface area contributed by atoms with Gasteiger partial charge < -0.3 is 4.57 Å². The van der Waals surface area contributed by atoms with Crippen LogP contribution >= 0.6 is 0 Å². The molecular weight excluding hydrogens is 573 g/mol. The van der Waals surface area contributed by atoms with Crippen LogP contribution in [0.25, 0.3) is 94.1 Å². The van der Waals surface area contributed by atoms with Crippen molar-refractivity contribution in [3.05, 3.63) is 145 Å². The molecule has 4 heterocycles. The van der Waals surface area contributed by atoms with Crippen molar-refractivity contribution >= 4 is 60.5 Å². The number of hydrogen-bond donors (Lipinski definition) is 0. The van der Waals surface area contributed by atoms with E-state index in [4.69, 9.17) is 15.0 Å². The molecule has 220 valence electrons. The van der Waals surface area contributed by atoms with Gasteiger partial charge in [-0.1, -0.05) is 121 Å². The fourth-order valence-electron chi connectivity index (χ4n) is 7.47. The van der Waals surface area contributed by atoms with Crippen LogP contribution in [-0.4, -0.2) is 19.5 Å². The molecule has 1 aliphatic rings. The van der Waals surface area contributed by atoms with Crippen LogP contribution in [0.2, 0.25) is 0 Å². The minimum Gasteiger partial charge on any atom is -0.322 e. The first-order valence-electron chi connectivity index (χ1n) is 16.2. The highest BCUT2D eigenvalue weighted by Gasteiger charge is 2.21. The van der Waals surface area contributed by atoms with Crippen LogP contribution in [0.3, 0.4) is 0 Å². The van der Waals surface area contributed by atoms with Gasteiger partial charge in [0.1, 0.15) is 11.3 Å². The molecule has 0 saturated carbocycles. The van der Waals surface area contributed by atoms with Crippen molar-refractivity contribution in [1.82, 2.24) is 19.5 Å². The lowest BCUT2D eigenvalue weighted by molar-refractivity contribution is 0.709. The molecule has 1 aliphatic heterocycles. The second-order valence-corrected chi connectivity index (χ2v) is 12.3. The van der Waals surface area contributed by atoms with Crippen LogP contribution in [0.1, 0.15) is 12.2 Å². The van der Waals surface area contributed by atoms with Crippen molar-refractivity contribution < 1.29 is 0 Å². The first-order valence-corrected chi connectivity index (χ1v) is 16.2. The standard InChI is InChI=1S/C43H28N4/c1-2-12-28(13-3-1)40-35-26-34(30-14-4-5-15-31(30)39(35)32-16-6-8-18-36(32)44-40)27-21-23-29(24-22-27)41-43-42(33-17-7-9-19-37(33)45-41)46-38-20-10-11-25-47(38)43/h1-10,12-24,26H,11,25H2. The molecule has 4 nitrogen and oxygen atoms in total. The summed E-state index contributed by atoms with van der Waals surface area (Å²) < 4.78 is 2.33. The van der Waals surface area contributed by atoms with Crippen molar-refractivity contribution in [2.75, 3.05) is 0 Å². The van der Waals surface area contributed by atoms with Gasteiger partial charge in [0.2, 0.25) is 0 Å². The summed E-state index contributed by atoms with van der Waals surface area (Å²) in [5, 5.41) is 7.13. The molecule has 9 aromatic rings. The average Bonchev–Trinajstić information content (AvgIpc) is 3.54. The first kappa shape index (κ1) is 26.1. The average molecular weight is 601 g/mol. The molecule has 0 saturated heterocycles. The van der Waals surface area contributed by atoms with Crippen molar-refractivity contribution in [2.45, 2.75) is 13.0 Å². The van der Waals surface area contributed by atoms with E-state index in [9.17, 15) is 0 Å². The van der Waals surface area contributed by atoms with Crippen molar-refractivity contribution in [2.24, 2.45) is 0 Å². The number of aryl methyl sites for hydroxylation is 1. The first-order chi connectivity index (χ1) is 23.3. The summed E-state index contributed by atoms with van der Waals surface area (Å²) in [7, 11) is 0. The minimum absolute atomic E-state index is 0.906. The Morgan fingerprint density at radius 1 is 0.489 bits per heavy atom. The maximum absolute atomic E-state index is 5.23. The third-order valence-corrected chi connectivity index (χ3v) is 9.62. The summed E-state index contributed by atoms with van der Waals surface area (Å²) in [6, 6.07) is 47.5. The minimum atomic E-state index is 0.906. The number of aromatic nitrogens is 4. The van der Waals surface area contributed by atoms with E-state index in [1.807, 2.05) is 0 Å². The lowest BCUT2D eigenvalue weighted by Crippen LogP contribution is -2.04. The van der Waals surface area contributed by atoms with Gasteiger partial charge in [-0.25, -0.2) is 15.0 Å². The van der Waals surface area contributed by atoms with E-state index in [-0.39, 0.29) is 0 Å². The monoisotopic (exact) mass is 600 g/mol. The van der Waals surface area contributed by atoms with E-state index in [0.29, 0.717) is 0 Å². The lowest BCUT2D eigenvalue weighted by Gasteiger charge is -2.16. The number of hydrogen-bond acceptors (Lipinski definition) is 3. The molecule has 6 aromatic carbocycles. The van der Waals surface area contributed by atoms with Crippen LogP contribution in [0, 0.1) is 0 Å². The van der Waals surface area contributed by atoms with Gasteiger partial charge in [-0.15, -0.1) is 0 Å².